The molecule has 0 radical (unpaired) electrons. The monoisotopic (exact) mass is 336 g/mol. The van der Waals surface area contributed by atoms with E-state index in [1.165, 1.54) is 0 Å². The number of benzene rings is 1. The maximum absolute atomic E-state index is 11.7. The Kier molecular flexibility index (Phi) is 6.07. The molecule has 0 spiro atoms. The minimum Gasteiger partial charge on any atom is -0.444 e. The van der Waals surface area contributed by atoms with E-state index in [9.17, 15) is 4.79 Å². The molecule has 6 nitrogen and oxygen atoms in total. The number of hydrogen-bond donors (Lipinski definition) is 2. The molecule has 2 N–H and O–H groups in total. The van der Waals surface area contributed by atoms with Crippen LogP contribution in [0.15, 0.2) is 24.3 Å². The van der Waals surface area contributed by atoms with Gasteiger partial charge in [-0.05, 0) is 58.4 Å². The minimum absolute atomic E-state index is 0.0597. The third-order valence-corrected chi connectivity index (χ3v) is 3.78. The molecule has 134 valence electrons. The van der Waals surface area contributed by atoms with Crippen LogP contribution >= 0.6 is 0 Å². The molecular formula is C18H28N2O4. The van der Waals surface area contributed by atoms with Gasteiger partial charge in [-0.15, -0.1) is 0 Å². The summed E-state index contributed by atoms with van der Waals surface area (Å²) in [5.74, 6) is 0. The number of carbonyl (C=O) groups excluding carboxylic acids is 1. The van der Waals surface area contributed by atoms with Crippen LogP contribution in [0, 0.1) is 0 Å². The Morgan fingerprint density at radius 1 is 1.21 bits per heavy atom. The second-order valence-electron chi connectivity index (χ2n) is 6.88. The topological polar surface area (TPSA) is 68.8 Å². The Morgan fingerprint density at radius 3 is 2.38 bits per heavy atom. The lowest BCUT2D eigenvalue weighted by atomic mass is 9.85. The number of nitrogens with one attached hydrogen (secondary N) is 2. The second-order valence-corrected chi connectivity index (χ2v) is 6.88. The SMILES string of the molecule is CCOC1CC(Nc2ccc(NC(=O)OC(C)(C)C)cc2)C1OC. The first kappa shape index (κ1) is 18.5. The Hall–Kier alpha value is -1.79. The maximum Gasteiger partial charge on any atom is 0.412 e. The van der Waals surface area contributed by atoms with E-state index < -0.39 is 11.7 Å². The van der Waals surface area contributed by atoms with Crippen molar-refractivity contribution in [3.05, 3.63) is 24.3 Å². The molecule has 3 unspecified atom stereocenters. The van der Waals surface area contributed by atoms with Crippen molar-refractivity contribution in [1.82, 2.24) is 0 Å². The first-order valence-corrected chi connectivity index (χ1v) is 8.33. The quantitative estimate of drug-likeness (QED) is 0.830. The van der Waals surface area contributed by atoms with Crippen molar-refractivity contribution < 1.29 is 19.0 Å². The molecule has 0 saturated heterocycles. The van der Waals surface area contributed by atoms with Gasteiger partial charge in [0.1, 0.15) is 11.7 Å². The van der Waals surface area contributed by atoms with Crippen LogP contribution in [-0.2, 0) is 14.2 Å². The molecule has 3 atom stereocenters. The number of amides is 1. The summed E-state index contributed by atoms with van der Waals surface area (Å²) in [5, 5.41) is 6.15. The third-order valence-electron chi connectivity index (χ3n) is 3.78. The average molecular weight is 336 g/mol. The van der Waals surface area contributed by atoms with Crippen molar-refractivity contribution >= 4 is 17.5 Å². The number of ether oxygens (including phenoxy) is 3. The third kappa shape index (κ3) is 5.11. The van der Waals surface area contributed by atoms with Gasteiger partial charge in [0.25, 0.3) is 0 Å². The van der Waals surface area contributed by atoms with Crippen molar-refractivity contribution in [3.63, 3.8) is 0 Å². The van der Waals surface area contributed by atoms with Crippen LogP contribution in [0.2, 0.25) is 0 Å². The molecule has 1 amide bonds. The highest BCUT2D eigenvalue weighted by atomic mass is 16.6. The lowest BCUT2D eigenvalue weighted by molar-refractivity contribution is -0.118. The van der Waals surface area contributed by atoms with Gasteiger partial charge < -0.3 is 19.5 Å². The highest BCUT2D eigenvalue weighted by molar-refractivity contribution is 5.85. The summed E-state index contributed by atoms with van der Waals surface area (Å²) in [4.78, 5) is 11.7. The molecule has 1 fully saturated rings. The number of anilines is 2. The Labute approximate surface area is 143 Å². The molecule has 2 rings (SSSR count). The van der Waals surface area contributed by atoms with Gasteiger partial charge in [0.2, 0.25) is 0 Å². The lowest BCUT2D eigenvalue weighted by Crippen LogP contribution is -2.56. The molecule has 1 aromatic rings. The van der Waals surface area contributed by atoms with Crippen LogP contribution < -0.4 is 10.6 Å². The summed E-state index contributed by atoms with van der Waals surface area (Å²) >= 11 is 0. The zero-order chi connectivity index (χ0) is 17.7. The van der Waals surface area contributed by atoms with Crippen LogP contribution in [0.1, 0.15) is 34.1 Å². The van der Waals surface area contributed by atoms with Crippen LogP contribution in [0.25, 0.3) is 0 Å². The molecule has 24 heavy (non-hydrogen) atoms. The standard InChI is InChI=1S/C18H28N2O4/c1-6-23-15-11-14(16(15)22-5)19-12-7-9-13(10-8-12)20-17(21)24-18(2,3)4/h7-10,14-16,19H,6,11H2,1-5H3,(H,20,21). The van der Waals surface area contributed by atoms with Crippen LogP contribution in [0.4, 0.5) is 16.2 Å². The van der Waals surface area contributed by atoms with E-state index in [1.807, 2.05) is 52.0 Å². The highest BCUT2D eigenvalue weighted by Crippen LogP contribution is 2.30. The first-order chi connectivity index (χ1) is 11.3. The average Bonchev–Trinajstić information content (AvgIpc) is 2.46. The van der Waals surface area contributed by atoms with E-state index in [0.29, 0.717) is 12.3 Å². The van der Waals surface area contributed by atoms with E-state index in [1.54, 1.807) is 7.11 Å². The normalized spacial score (nSPS) is 23.3. The van der Waals surface area contributed by atoms with Gasteiger partial charge in [-0.1, -0.05) is 0 Å². The molecule has 0 aromatic heterocycles. The summed E-state index contributed by atoms with van der Waals surface area (Å²) in [6, 6.07) is 7.76. The number of carbonyl (C=O) groups is 1. The van der Waals surface area contributed by atoms with Crippen molar-refractivity contribution in [2.75, 3.05) is 24.4 Å². The Bertz CT molecular complexity index is 539. The van der Waals surface area contributed by atoms with Crippen LogP contribution in [0.3, 0.4) is 0 Å². The van der Waals surface area contributed by atoms with Crippen LogP contribution in [-0.4, -0.2) is 43.7 Å². The van der Waals surface area contributed by atoms with Crippen molar-refractivity contribution in [3.8, 4) is 0 Å². The summed E-state index contributed by atoms with van der Waals surface area (Å²) in [6.45, 7) is 8.19. The van der Waals surface area contributed by atoms with E-state index in [-0.39, 0.29) is 18.2 Å². The summed E-state index contributed by atoms with van der Waals surface area (Å²) in [6.07, 6.45) is 0.681. The largest absolute Gasteiger partial charge is 0.444 e. The fourth-order valence-electron chi connectivity index (χ4n) is 2.70. The fraction of sp³-hybridized carbons (Fsp3) is 0.611. The molecule has 0 heterocycles. The summed E-state index contributed by atoms with van der Waals surface area (Å²) < 4.78 is 16.4. The van der Waals surface area contributed by atoms with Gasteiger partial charge in [0.05, 0.1) is 12.1 Å². The minimum atomic E-state index is -0.512. The van der Waals surface area contributed by atoms with Crippen molar-refractivity contribution in [2.24, 2.45) is 0 Å². The van der Waals surface area contributed by atoms with Crippen LogP contribution in [0.5, 0.6) is 0 Å². The Balaban J connectivity index is 1.85. The smallest absolute Gasteiger partial charge is 0.412 e. The van der Waals surface area contributed by atoms with Crippen molar-refractivity contribution in [1.29, 1.82) is 0 Å². The lowest BCUT2D eigenvalue weighted by Gasteiger charge is -2.43. The van der Waals surface area contributed by atoms with E-state index in [0.717, 1.165) is 12.1 Å². The molecule has 1 aliphatic carbocycles. The molecular weight excluding hydrogens is 308 g/mol. The molecule has 1 saturated carbocycles. The first-order valence-electron chi connectivity index (χ1n) is 8.33. The van der Waals surface area contributed by atoms with Gasteiger partial charge in [0.15, 0.2) is 0 Å². The predicted octanol–water partition coefficient (Wildman–Crippen LogP) is 3.64. The zero-order valence-electron chi connectivity index (χ0n) is 15.1. The van der Waals surface area contributed by atoms with Gasteiger partial charge >= 0.3 is 6.09 Å². The van der Waals surface area contributed by atoms with E-state index >= 15 is 0 Å². The maximum atomic E-state index is 11.7. The highest BCUT2D eigenvalue weighted by Gasteiger charge is 2.42. The molecule has 1 aromatic carbocycles. The molecule has 1 aliphatic rings. The number of rotatable bonds is 6. The van der Waals surface area contributed by atoms with Gasteiger partial charge in [0, 0.05) is 25.1 Å². The molecule has 6 heteroatoms. The second kappa shape index (κ2) is 7.85. The Morgan fingerprint density at radius 2 is 1.83 bits per heavy atom. The van der Waals surface area contributed by atoms with Gasteiger partial charge in [-0.25, -0.2) is 4.79 Å². The molecule has 0 aliphatic heterocycles. The van der Waals surface area contributed by atoms with Crippen molar-refractivity contribution in [2.45, 2.75) is 58.0 Å². The summed E-state index contributed by atoms with van der Waals surface area (Å²) in [7, 11) is 1.71. The zero-order valence-corrected chi connectivity index (χ0v) is 15.1. The van der Waals surface area contributed by atoms with Gasteiger partial charge in [-0.3, -0.25) is 5.32 Å². The van der Waals surface area contributed by atoms with Gasteiger partial charge in [-0.2, -0.15) is 0 Å². The number of methoxy groups -OCH3 is 1. The van der Waals surface area contributed by atoms with E-state index in [2.05, 4.69) is 10.6 Å². The summed E-state index contributed by atoms with van der Waals surface area (Å²) in [5.41, 5.74) is 1.16. The number of hydrogen-bond acceptors (Lipinski definition) is 5. The van der Waals surface area contributed by atoms with E-state index in [4.69, 9.17) is 14.2 Å². The fourth-order valence-corrected chi connectivity index (χ4v) is 2.70. The molecule has 0 bridgehead atoms. The predicted molar refractivity (Wildman–Crippen MR) is 94.5 cm³/mol.